The SMILES string of the molecule is CC(C)C(=O)N1CCc2ccc(OCC(=O)NCc3ccccc3)cc2C1c1cccc(F)c1. The van der Waals surface area contributed by atoms with Crippen LogP contribution in [0, 0.1) is 11.7 Å². The summed E-state index contributed by atoms with van der Waals surface area (Å²) in [6, 6.07) is 21.3. The number of carbonyl (C=O) groups is 2. The number of hydrogen-bond donors (Lipinski definition) is 1. The first kappa shape index (κ1) is 23.5. The summed E-state index contributed by atoms with van der Waals surface area (Å²) in [6.07, 6.45) is 0.706. The number of benzene rings is 3. The second kappa shape index (κ2) is 10.5. The number of hydrogen-bond acceptors (Lipinski definition) is 3. The van der Waals surface area contributed by atoms with E-state index in [1.54, 1.807) is 6.07 Å². The Morgan fingerprint density at radius 3 is 2.59 bits per heavy atom. The molecule has 1 unspecified atom stereocenters. The van der Waals surface area contributed by atoms with Gasteiger partial charge >= 0.3 is 0 Å². The van der Waals surface area contributed by atoms with Crippen molar-refractivity contribution in [2.45, 2.75) is 32.9 Å². The van der Waals surface area contributed by atoms with Gasteiger partial charge < -0.3 is 15.0 Å². The number of halogens is 1. The third-order valence-electron chi connectivity index (χ3n) is 5.99. The van der Waals surface area contributed by atoms with Crippen LogP contribution in [0.25, 0.3) is 0 Å². The van der Waals surface area contributed by atoms with E-state index in [9.17, 15) is 14.0 Å². The molecule has 0 aliphatic carbocycles. The van der Waals surface area contributed by atoms with Crippen LogP contribution in [-0.4, -0.2) is 29.9 Å². The summed E-state index contributed by atoms with van der Waals surface area (Å²) in [7, 11) is 0. The van der Waals surface area contributed by atoms with Crippen molar-refractivity contribution in [2.24, 2.45) is 5.92 Å². The van der Waals surface area contributed by atoms with Gasteiger partial charge in [0.2, 0.25) is 5.91 Å². The Kier molecular flexibility index (Phi) is 7.26. The molecule has 176 valence electrons. The Balaban J connectivity index is 1.53. The highest BCUT2D eigenvalue weighted by Gasteiger charge is 2.33. The number of ether oxygens (including phenoxy) is 1. The molecule has 4 rings (SSSR count). The molecule has 0 saturated carbocycles. The summed E-state index contributed by atoms with van der Waals surface area (Å²) in [5.41, 5.74) is 3.71. The summed E-state index contributed by atoms with van der Waals surface area (Å²) in [6.45, 7) is 4.61. The molecule has 2 amide bonds. The van der Waals surface area contributed by atoms with Crippen molar-refractivity contribution in [3.05, 3.63) is 101 Å². The van der Waals surface area contributed by atoms with Crippen molar-refractivity contribution in [3.8, 4) is 5.75 Å². The molecule has 3 aromatic carbocycles. The summed E-state index contributed by atoms with van der Waals surface area (Å²) in [4.78, 5) is 27.1. The van der Waals surface area contributed by atoms with Crippen LogP contribution in [0.4, 0.5) is 4.39 Å². The minimum Gasteiger partial charge on any atom is -0.484 e. The van der Waals surface area contributed by atoms with Crippen LogP contribution in [0.3, 0.4) is 0 Å². The minimum atomic E-state index is -0.412. The Bertz CT molecular complexity index is 1160. The van der Waals surface area contributed by atoms with E-state index >= 15 is 0 Å². The predicted molar refractivity (Wildman–Crippen MR) is 129 cm³/mol. The molecule has 1 atom stereocenters. The van der Waals surface area contributed by atoms with Crippen LogP contribution in [0.2, 0.25) is 0 Å². The molecule has 1 N–H and O–H groups in total. The highest BCUT2D eigenvalue weighted by molar-refractivity contribution is 5.80. The molecule has 1 heterocycles. The van der Waals surface area contributed by atoms with Crippen LogP contribution < -0.4 is 10.1 Å². The number of amides is 2. The number of nitrogens with one attached hydrogen (secondary N) is 1. The zero-order valence-corrected chi connectivity index (χ0v) is 19.5. The Morgan fingerprint density at radius 1 is 1.06 bits per heavy atom. The molecule has 5 nitrogen and oxygen atoms in total. The first-order valence-electron chi connectivity index (χ1n) is 11.5. The van der Waals surface area contributed by atoms with E-state index in [1.807, 2.05) is 73.3 Å². The van der Waals surface area contributed by atoms with E-state index in [1.165, 1.54) is 12.1 Å². The lowest BCUT2D eigenvalue weighted by molar-refractivity contribution is -0.136. The second-order valence-electron chi connectivity index (χ2n) is 8.81. The fourth-order valence-corrected chi connectivity index (χ4v) is 4.28. The van der Waals surface area contributed by atoms with Crippen LogP contribution in [0.15, 0.2) is 72.8 Å². The van der Waals surface area contributed by atoms with E-state index in [2.05, 4.69) is 5.32 Å². The number of nitrogens with zero attached hydrogens (tertiary/aromatic N) is 1. The molecule has 6 heteroatoms. The summed E-state index contributed by atoms with van der Waals surface area (Å²) in [5.74, 6) is -0.185. The van der Waals surface area contributed by atoms with Gasteiger partial charge in [0.25, 0.3) is 5.91 Å². The van der Waals surface area contributed by atoms with Crippen molar-refractivity contribution < 1.29 is 18.7 Å². The van der Waals surface area contributed by atoms with Gasteiger partial charge in [-0.05, 0) is 52.9 Å². The lowest BCUT2D eigenvalue weighted by Gasteiger charge is -2.39. The van der Waals surface area contributed by atoms with Crippen molar-refractivity contribution in [2.75, 3.05) is 13.2 Å². The van der Waals surface area contributed by atoms with E-state index in [-0.39, 0.29) is 30.2 Å². The molecule has 0 bridgehead atoms. The maximum absolute atomic E-state index is 14.1. The average Bonchev–Trinajstić information content (AvgIpc) is 2.85. The molecular formula is C28H29FN2O3. The van der Waals surface area contributed by atoms with E-state index < -0.39 is 6.04 Å². The number of rotatable bonds is 7. The van der Waals surface area contributed by atoms with Gasteiger partial charge in [-0.1, -0.05) is 62.4 Å². The lowest BCUT2D eigenvalue weighted by atomic mass is 9.87. The molecular weight excluding hydrogens is 431 g/mol. The van der Waals surface area contributed by atoms with Gasteiger partial charge in [0.05, 0.1) is 6.04 Å². The van der Waals surface area contributed by atoms with Crippen LogP contribution in [-0.2, 0) is 22.6 Å². The smallest absolute Gasteiger partial charge is 0.258 e. The first-order valence-corrected chi connectivity index (χ1v) is 11.5. The van der Waals surface area contributed by atoms with E-state index in [4.69, 9.17) is 4.74 Å². The normalized spacial score (nSPS) is 15.1. The molecule has 1 aliphatic heterocycles. The molecule has 0 spiro atoms. The molecule has 0 aromatic heterocycles. The van der Waals surface area contributed by atoms with Gasteiger partial charge in [0, 0.05) is 19.0 Å². The lowest BCUT2D eigenvalue weighted by Crippen LogP contribution is -2.42. The van der Waals surface area contributed by atoms with Gasteiger partial charge in [0.1, 0.15) is 11.6 Å². The van der Waals surface area contributed by atoms with Crippen molar-refractivity contribution in [1.82, 2.24) is 10.2 Å². The zero-order chi connectivity index (χ0) is 24.1. The van der Waals surface area contributed by atoms with Crippen LogP contribution >= 0.6 is 0 Å². The fourth-order valence-electron chi connectivity index (χ4n) is 4.28. The number of carbonyl (C=O) groups excluding carboxylic acids is 2. The predicted octanol–water partition coefficient (Wildman–Crippen LogP) is 4.65. The van der Waals surface area contributed by atoms with E-state index in [0.29, 0.717) is 30.8 Å². The van der Waals surface area contributed by atoms with Crippen molar-refractivity contribution in [3.63, 3.8) is 0 Å². The zero-order valence-electron chi connectivity index (χ0n) is 19.5. The summed E-state index contributed by atoms with van der Waals surface area (Å²) in [5, 5.41) is 2.85. The summed E-state index contributed by atoms with van der Waals surface area (Å²) >= 11 is 0. The maximum atomic E-state index is 14.1. The van der Waals surface area contributed by atoms with Gasteiger partial charge in [-0.15, -0.1) is 0 Å². The van der Waals surface area contributed by atoms with Gasteiger partial charge in [-0.3, -0.25) is 9.59 Å². The largest absolute Gasteiger partial charge is 0.484 e. The first-order chi connectivity index (χ1) is 16.4. The molecule has 0 fully saturated rings. The van der Waals surface area contributed by atoms with Gasteiger partial charge in [-0.2, -0.15) is 0 Å². The number of fused-ring (bicyclic) bond motifs is 1. The van der Waals surface area contributed by atoms with Crippen molar-refractivity contribution >= 4 is 11.8 Å². The quantitative estimate of drug-likeness (QED) is 0.558. The molecule has 34 heavy (non-hydrogen) atoms. The van der Waals surface area contributed by atoms with Gasteiger partial charge in [0.15, 0.2) is 6.61 Å². The third-order valence-corrected chi connectivity index (χ3v) is 5.99. The standard InChI is InChI=1S/C28H29FN2O3/c1-19(2)28(33)31-14-13-21-11-12-24(16-25(21)27(31)22-9-6-10-23(29)15-22)34-18-26(32)30-17-20-7-4-3-5-8-20/h3-12,15-16,19,27H,13-14,17-18H2,1-2H3,(H,30,32). The maximum Gasteiger partial charge on any atom is 0.258 e. The topological polar surface area (TPSA) is 58.6 Å². The Hall–Kier alpha value is -3.67. The fraction of sp³-hybridized carbons (Fsp3) is 0.286. The third kappa shape index (κ3) is 5.45. The minimum absolute atomic E-state index is 0.0199. The Morgan fingerprint density at radius 2 is 1.85 bits per heavy atom. The van der Waals surface area contributed by atoms with Crippen molar-refractivity contribution in [1.29, 1.82) is 0 Å². The Labute approximate surface area is 199 Å². The van der Waals surface area contributed by atoms with E-state index in [0.717, 1.165) is 16.7 Å². The van der Waals surface area contributed by atoms with Crippen LogP contribution in [0.5, 0.6) is 5.75 Å². The molecule has 0 radical (unpaired) electrons. The molecule has 1 aliphatic rings. The highest BCUT2D eigenvalue weighted by Crippen LogP contribution is 2.38. The summed E-state index contributed by atoms with van der Waals surface area (Å²) < 4.78 is 19.9. The monoisotopic (exact) mass is 460 g/mol. The molecule has 3 aromatic rings. The second-order valence-corrected chi connectivity index (χ2v) is 8.81. The molecule has 0 saturated heterocycles. The van der Waals surface area contributed by atoms with Gasteiger partial charge in [-0.25, -0.2) is 4.39 Å². The van der Waals surface area contributed by atoms with Crippen LogP contribution in [0.1, 0.15) is 42.1 Å². The highest BCUT2D eigenvalue weighted by atomic mass is 19.1. The average molecular weight is 461 g/mol.